The molecule has 2 rings (SSSR count). The van der Waals surface area contributed by atoms with Gasteiger partial charge in [0.2, 0.25) is 5.95 Å². The van der Waals surface area contributed by atoms with Crippen LogP contribution in [0, 0.1) is 0 Å². The van der Waals surface area contributed by atoms with Crippen LogP contribution in [0.1, 0.15) is 24.8 Å². The van der Waals surface area contributed by atoms with E-state index in [-0.39, 0.29) is 6.42 Å². The fraction of sp³-hybridized carbons (Fsp3) is 0.545. The lowest BCUT2D eigenvalue weighted by Crippen LogP contribution is -2.20. The maximum absolute atomic E-state index is 10.4. The van der Waals surface area contributed by atoms with E-state index in [2.05, 4.69) is 14.9 Å². The van der Waals surface area contributed by atoms with E-state index >= 15 is 0 Å². The normalized spacial score (nSPS) is 15.4. The second-order valence-electron chi connectivity index (χ2n) is 3.98. The summed E-state index contributed by atoms with van der Waals surface area (Å²) in [6.07, 6.45) is 6.48. The molecular formula is C11H15N3O2. The predicted molar refractivity (Wildman–Crippen MR) is 59.4 cm³/mol. The Morgan fingerprint density at radius 1 is 1.31 bits per heavy atom. The van der Waals surface area contributed by atoms with Crippen LogP contribution in [0.15, 0.2) is 12.4 Å². The van der Waals surface area contributed by atoms with Gasteiger partial charge in [-0.05, 0) is 24.8 Å². The quantitative estimate of drug-likeness (QED) is 0.824. The number of carboxylic acids is 1. The summed E-state index contributed by atoms with van der Waals surface area (Å²) in [6.45, 7) is 2.04. The number of carboxylic acid groups (broad SMARTS) is 1. The molecule has 1 fully saturated rings. The summed E-state index contributed by atoms with van der Waals surface area (Å²) in [5, 5.41) is 8.55. The van der Waals surface area contributed by atoms with Crippen LogP contribution in [0.2, 0.25) is 0 Å². The van der Waals surface area contributed by atoms with Crippen LogP contribution >= 0.6 is 0 Å². The molecule has 0 aliphatic carbocycles. The molecule has 2 heterocycles. The standard InChI is InChI=1S/C11H15N3O2/c15-10(16)4-3-9-7-12-11(13-8-9)14-5-1-2-6-14/h7-8H,1-6H2,(H,15,16). The van der Waals surface area contributed by atoms with Gasteiger partial charge in [0.1, 0.15) is 0 Å². The summed E-state index contributed by atoms with van der Waals surface area (Å²) in [7, 11) is 0. The number of rotatable bonds is 4. The van der Waals surface area contributed by atoms with Gasteiger partial charge in [0.05, 0.1) is 0 Å². The Balaban J connectivity index is 1.95. The molecule has 0 saturated carbocycles. The van der Waals surface area contributed by atoms with Gasteiger partial charge in [-0.2, -0.15) is 0 Å². The third kappa shape index (κ3) is 2.68. The maximum Gasteiger partial charge on any atom is 0.303 e. The van der Waals surface area contributed by atoms with Gasteiger partial charge < -0.3 is 10.0 Å². The van der Waals surface area contributed by atoms with Gasteiger partial charge in [0.15, 0.2) is 0 Å². The lowest BCUT2D eigenvalue weighted by Gasteiger charge is -2.14. The number of aromatic nitrogens is 2. The van der Waals surface area contributed by atoms with E-state index in [1.165, 1.54) is 12.8 Å². The zero-order valence-corrected chi connectivity index (χ0v) is 9.09. The Morgan fingerprint density at radius 3 is 2.50 bits per heavy atom. The van der Waals surface area contributed by atoms with Crippen LogP contribution in [0.4, 0.5) is 5.95 Å². The van der Waals surface area contributed by atoms with Gasteiger partial charge >= 0.3 is 5.97 Å². The van der Waals surface area contributed by atoms with Crippen molar-refractivity contribution in [3.8, 4) is 0 Å². The largest absolute Gasteiger partial charge is 0.481 e. The number of hydrogen-bond acceptors (Lipinski definition) is 4. The van der Waals surface area contributed by atoms with Crippen LogP contribution < -0.4 is 4.90 Å². The molecule has 1 aliphatic heterocycles. The van der Waals surface area contributed by atoms with E-state index in [9.17, 15) is 4.79 Å². The first-order chi connectivity index (χ1) is 7.75. The highest BCUT2D eigenvalue weighted by molar-refractivity contribution is 5.67. The highest BCUT2D eigenvalue weighted by atomic mass is 16.4. The smallest absolute Gasteiger partial charge is 0.303 e. The molecule has 5 heteroatoms. The molecule has 0 unspecified atom stereocenters. The Hall–Kier alpha value is -1.65. The molecule has 1 aromatic rings. The van der Waals surface area contributed by atoms with Crippen molar-refractivity contribution in [2.75, 3.05) is 18.0 Å². The Kier molecular flexibility index (Phi) is 3.34. The molecule has 0 bridgehead atoms. The number of aliphatic carboxylic acids is 1. The number of hydrogen-bond donors (Lipinski definition) is 1. The molecular weight excluding hydrogens is 206 g/mol. The molecule has 1 saturated heterocycles. The summed E-state index contributed by atoms with van der Waals surface area (Å²) in [5.41, 5.74) is 0.880. The SMILES string of the molecule is O=C(O)CCc1cnc(N2CCCC2)nc1. The molecule has 1 N–H and O–H groups in total. The summed E-state index contributed by atoms with van der Waals surface area (Å²) in [5.74, 6) is -0.0276. The third-order valence-corrected chi connectivity index (χ3v) is 2.71. The Labute approximate surface area is 94.1 Å². The highest BCUT2D eigenvalue weighted by Gasteiger charge is 2.14. The number of anilines is 1. The minimum absolute atomic E-state index is 0.131. The van der Waals surface area contributed by atoms with E-state index in [4.69, 9.17) is 5.11 Å². The van der Waals surface area contributed by atoms with Crippen molar-refractivity contribution in [2.24, 2.45) is 0 Å². The lowest BCUT2D eigenvalue weighted by molar-refractivity contribution is -0.136. The molecule has 0 amide bonds. The van der Waals surface area contributed by atoms with Gasteiger partial charge in [-0.1, -0.05) is 0 Å². The van der Waals surface area contributed by atoms with Crippen molar-refractivity contribution in [2.45, 2.75) is 25.7 Å². The van der Waals surface area contributed by atoms with Crippen LogP contribution in [-0.2, 0) is 11.2 Å². The van der Waals surface area contributed by atoms with Crippen LogP contribution in [0.25, 0.3) is 0 Å². The molecule has 0 spiro atoms. The van der Waals surface area contributed by atoms with E-state index in [0.29, 0.717) is 6.42 Å². The summed E-state index contributed by atoms with van der Waals surface area (Å²) in [6, 6.07) is 0. The van der Waals surface area contributed by atoms with Crippen molar-refractivity contribution >= 4 is 11.9 Å². The Morgan fingerprint density at radius 2 is 1.94 bits per heavy atom. The fourth-order valence-corrected chi connectivity index (χ4v) is 1.81. The van der Waals surface area contributed by atoms with Crippen molar-refractivity contribution in [1.29, 1.82) is 0 Å². The average Bonchev–Trinajstić information content (AvgIpc) is 2.80. The van der Waals surface area contributed by atoms with Gasteiger partial charge in [-0.3, -0.25) is 4.79 Å². The first kappa shape index (κ1) is 10.9. The predicted octanol–water partition coefficient (Wildman–Crippen LogP) is 1.09. The zero-order valence-electron chi connectivity index (χ0n) is 9.09. The first-order valence-electron chi connectivity index (χ1n) is 5.53. The summed E-state index contributed by atoms with van der Waals surface area (Å²) in [4.78, 5) is 21.1. The number of nitrogens with zero attached hydrogens (tertiary/aromatic N) is 3. The molecule has 1 aliphatic rings. The topological polar surface area (TPSA) is 66.3 Å². The minimum atomic E-state index is -0.788. The second-order valence-corrected chi connectivity index (χ2v) is 3.98. The third-order valence-electron chi connectivity index (χ3n) is 2.71. The molecule has 1 aromatic heterocycles. The zero-order chi connectivity index (χ0) is 11.4. The van der Waals surface area contributed by atoms with Crippen molar-refractivity contribution in [1.82, 2.24) is 9.97 Å². The van der Waals surface area contributed by atoms with Gasteiger partial charge in [0.25, 0.3) is 0 Å². The molecule has 0 aromatic carbocycles. The minimum Gasteiger partial charge on any atom is -0.481 e. The Bertz CT molecular complexity index is 358. The molecule has 16 heavy (non-hydrogen) atoms. The summed E-state index contributed by atoms with van der Waals surface area (Å²) < 4.78 is 0. The number of aryl methyl sites for hydroxylation is 1. The lowest BCUT2D eigenvalue weighted by atomic mass is 10.2. The highest BCUT2D eigenvalue weighted by Crippen LogP contribution is 2.15. The number of carbonyl (C=O) groups is 1. The summed E-state index contributed by atoms with van der Waals surface area (Å²) >= 11 is 0. The van der Waals surface area contributed by atoms with Gasteiger partial charge in [-0.25, -0.2) is 9.97 Å². The van der Waals surface area contributed by atoms with Gasteiger partial charge in [-0.15, -0.1) is 0 Å². The van der Waals surface area contributed by atoms with Crippen molar-refractivity contribution < 1.29 is 9.90 Å². The first-order valence-corrected chi connectivity index (χ1v) is 5.53. The van der Waals surface area contributed by atoms with Crippen molar-refractivity contribution in [3.05, 3.63) is 18.0 Å². The van der Waals surface area contributed by atoms with E-state index in [1.54, 1.807) is 12.4 Å². The molecule has 86 valence electrons. The molecule has 5 nitrogen and oxygen atoms in total. The second kappa shape index (κ2) is 4.92. The average molecular weight is 221 g/mol. The van der Waals surface area contributed by atoms with E-state index in [0.717, 1.165) is 24.6 Å². The van der Waals surface area contributed by atoms with Crippen LogP contribution in [-0.4, -0.2) is 34.1 Å². The van der Waals surface area contributed by atoms with Crippen molar-refractivity contribution in [3.63, 3.8) is 0 Å². The van der Waals surface area contributed by atoms with Crippen LogP contribution in [0.5, 0.6) is 0 Å². The maximum atomic E-state index is 10.4. The van der Waals surface area contributed by atoms with Gasteiger partial charge in [0, 0.05) is 31.9 Å². The molecule has 0 radical (unpaired) electrons. The van der Waals surface area contributed by atoms with Crippen LogP contribution in [0.3, 0.4) is 0 Å². The molecule has 0 atom stereocenters. The van der Waals surface area contributed by atoms with E-state index in [1.807, 2.05) is 0 Å². The fourth-order valence-electron chi connectivity index (χ4n) is 1.81. The van der Waals surface area contributed by atoms with E-state index < -0.39 is 5.97 Å². The monoisotopic (exact) mass is 221 g/mol.